The standard InChI is InChI=1S/C16H23N3O2/c1-19-8-7-17-16(19)15(14-6-3-9-21-14)18-11-12-4-2-5-13(20)10-12/h3,6-9,12-13,15,18,20H,2,4-5,10-11H2,1H3. The predicted molar refractivity (Wildman–Crippen MR) is 79.7 cm³/mol. The number of nitrogens with zero attached hydrogens (tertiary/aromatic N) is 2. The lowest BCUT2D eigenvalue weighted by Crippen LogP contribution is -2.33. The third kappa shape index (κ3) is 3.36. The molecule has 114 valence electrons. The number of hydrogen-bond acceptors (Lipinski definition) is 4. The fraction of sp³-hybridized carbons (Fsp3) is 0.562. The number of hydrogen-bond donors (Lipinski definition) is 2. The number of aliphatic hydroxyl groups is 1. The van der Waals surface area contributed by atoms with Crippen LogP contribution in [0, 0.1) is 5.92 Å². The van der Waals surface area contributed by atoms with Crippen LogP contribution in [0.15, 0.2) is 35.2 Å². The van der Waals surface area contributed by atoms with Crippen LogP contribution in [0.25, 0.3) is 0 Å². The number of aromatic nitrogens is 2. The van der Waals surface area contributed by atoms with Crippen molar-refractivity contribution in [2.24, 2.45) is 13.0 Å². The van der Waals surface area contributed by atoms with Crippen molar-refractivity contribution in [3.8, 4) is 0 Å². The number of aryl methyl sites for hydroxylation is 1. The lowest BCUT2D eigenvalue weighted by molar-refractivity contribution is 0.0997. The van der Waals surface area contributed by atoms with Crippen molar-refractivity contribution in [2.75, 3.05) is 6.54 Å². The lowest BCUT2D eigenvalue weighted by atomic mass is 9.87. The Morgan fingerprint density at radius 3 is 3.10 bits per heavy atom. The molecular weight excluding hydrogens is 266 g/mol. The van der Waals surface area contributed by atoms with Crippen LogP contribution in [0.3, 0.4) is 0 Å². The molecule has 0 spiro atoms. The van der Waals surface area contributed by atoms with Crippen molar-refractivity contribution < 1.29 is 9.52 Å². The summed E-state index contributed by atoms with van der Waals surface area (Å²) in [6, 6.07) is 3.83. The summed E-state index contributed by atoms with van der Waals surface area (Å²) in [6.07, 6.45) is 9.42. The summed E-state index contributed by atoms with van der Waals surface area (Å²) >= 11 is 0. The molecule has 1 saturated carbocycles. The van der Waals surface area contributed by atoms with Crippen LogP contribution >= 0.6 is 0 Å². The highest BCUT2D eigenvalue weighted by molar-refractivity contribution is 5.15. The Kier molecular flexibility index (Phi) is 4.41. The molecule has 5 heteroatoms. The molecule has 2 N–H and O–H groups in total. The second kappa shape index (κ2) is 6.45. The number of furan rings is 1. The van der Waals surface area contributed by atoms with E-state index < -0.39 is 0 Å². The van der Waals surface area contributed by atoms with Crippen LogP contribution < -0.4 is 5.32 Å². The van der Waals surface area contributed by atoms with Gasteiger partial charge < -0.3 is 19.4 Å². The summed E-state index contributed by atoms with van der Waals surface area (Å²) in [4.78, 5) is 4.44. The first kappa shape index (κ1) is 14.4. The Labute approximate surface area is 125 Å². The van der Waals surface area contributed by atoms with Gasteiger partial charge in [-0.25, -0.2) is 4.98 Å². The molecule has 0 amide bonds. The fourth-order valence-electron chi connectivity index (χ4n) is 3.16. The van der Waals surface area contributed by atoms with Gasteiger partial charge in [0, 0.05) is 19.4 Å². The minimum Gasteiger partial charge on any atom is -0.467 e. The van der Waals surface area contributed by atoms with Gasteiger partial charge in [0.2, 0.25) is 0 Å². The summed E-state index contributed by atoms with van der Waals surface area (Å²) in [6.45, 7) is 0.870. The van der Waals surface area contributed by atoms with Gasteiger partial charge in [-0.2, -0.15) is 0 Å². The molecule has 5 nitrogen and oxygen atoms in total. The molecule has 1 aliphatic rings. The molecular formula is C16H23N3O2. The van der Waals surface area contributed by atoms with E-state index in [0.717, 1.165) is 37.4 Å². The van der Waals surface area contributed by atoms with Crippen molar-refractivity contribution >= 4 is 0 Å². The Balaban J connectivity index is 1.70. The summed E-state index contributed by atoms with van der Waals surface area (Å²) in [5.74, 6) is 2.34. The van der Waals surface area contributed by atoms with E-state index in [1.54, 1.807) is 12.5 Å². The minimum atomic E-state index is -0.138. The molecule has 3 rings (SSSR count). The number of rotatable bonds is 5. The van der Waals surface area contributed by atoms with Gasteiger partial charge >= 0.3 is 0 Å². The minimum absolute atomic E-state index is 0.0425. The third-order valence-corrected chi connectivity index (χ3v) is 4.31. The summed E-state index contributed by atoms with van der Waals surface area (Å²) in [5.41, 5.74) is 0. The van der Waals surface area contributed by atoms with E-state index in [9.17, 15) is 5.11 Å². The molecule has 0 aromatic carbocycles. The van der Waals surface area contributed by atoms with Crippen molar-refractivity contribution in [3.63, 3.8) is 0 Å². The van der Waals surface area contributed by atoms with Crippen LogP contribution in [0.2, 0.25) is 0 Å². The Bertz CT molecular complexity index is 550. The number of nitrogens with one attached hydrogen (secondary N) is 1. The summed E-state index contributed by atoms with van der Waals surface area (Å²) in [5, 5.41) is 13.4. The van der Waals surface area contributed by atoms with Gasteiger partial charge in [0.25, 0.3) is 0 Å². The van der Waals surface area contributed by atoms with Crippen LogP contribution in [-0.4, -0.2) is 27.3 Å². The number of aliphatic hydroxyl groups excluding tert-OH is 1. The summed E-state index contributed by atoms with van der Waals surface area (Å²) < 4.78 is 7.58. The second-order valence-corrected chi connectivity index (χ2v) is 5.94. The first-order chi connectivity index (χ1) is 10.2. The highest BCUT2D eigenvalue weighted by atomic mass is 16.3. The maximum Gasteiger partial charge on any atom is 0.133 e. The van der Waals surface area contributed by atoms with Crippen molar-refractivity contribution in [2.45, 2.75) is 37.8 Å². The highest BCUT2D eigenvalue weighted by Gasteiger charge is 2.24. The Morgan fingerprint density at radius 2 is 2.43 bits per heavy atom. The van der Waals surface area contributed by atoms with E-state index in [1.807, 2.05) is 29.9 Å². The van der Waals surface area contributed by atoms with Gasteiger partial charge in [0.15, 0.2) is 0 Å². The zero-order valence-electron chi connectivity index (χ0n) is 12.4. The van der Waals surface area contributed by atoms with E-state index in [-0.39, 0.29) is 12.1 Å². The maximum absolute atomic E-state index is 9.79. The molecule has 21 heavy (non-hydrogen) atoms. The molecule has 2 aromatic rings. The molecule has 2 aromatic heterocycles. The van der Waals surface area contributed by atoms with Gasteiger partial charge in [-0.1, -0.05) is 6.42 Å². The molecule has 3 atom stereocenters. The second-order valence-electron chi connectivity index (χ2n) is 5.94. The van der Waals surface area contributed by atoms with Crippen molar-refractivity contribution in [3.05, 3.63) is 42.4 Å². The average Bonchev–Trinajstić information content (AvgIpc) is 3.12. The maximum atomic E-state index is 9.79. The molecule has 0 aliphatic heterocycles. The normalized spacial score (nSPS) is 24.1. The van der Waals surface area contributed by atoms with E-state index in [2.05, 4.69) is 10.3 Å². The van der Waals surface area contributed by atoms with Gasteiger partial charge in [-0.15, -0.1) is 0 Å². The zero-order valence-corrected chi connectivity index (χ0v) is 12.4. The van der Waals surface area contributed by atoms with Gasteiger partial charge in [-0.3, -0.25) is 0 Å². The van der Waals surface area contributed by atoms with Crippen molar-refractivity contribution in [1.82, 2.24) is 14.9 Å². The van der Waals surface area contributed by atoms with Crippen molar-refractivity contribution in [1.29, 1.82) is 0 Å². The van der Waals surface area contributed by atoms with Crippen LogP contribution in [0.1, 0.15) is 43.3 Å². The molecule has 0 saturated heterocycles. The van der Waals surface area contributed by atoms with Gasteiger partial charge in [0.05, 0.1) is 12.4 Å². The largest absolute Gasteiger partial charge is 0.467 e. The topological polar surface area (TPSA) is 63.2 Å². The predicted octanol–water partition coefficient (Wildman–Crippen LogP) is 2.24. The zero-order chi connectivity index (χ0) is 14.7. The van der Waals surface area contributed by atoms with Crippen LogP contribution in [0.4, 0.5) is 0 Å². The molecule has 1 aliphatic carbocycles. The summed E-state index contributed by atoms with van der Waals surface area (Å²) in [7, 11) is 1.99. The smallest absolute Gasteiger partial charge is 0.133 e. The average molecular weight is 289 g/mol. The van der Waals surface area contributed by atoms with E-state index in [4.69, 9.17) is 4.42 Å². The fourth-order valence-corrected chi connectivity index (χ4v) is 3.16. The highest BCUT2D eigenvalue weighted by Crippen LogP contribution is 2.26. The van der Waals surface area contributed by atoms with Crippen LogP contribution in [0.5, 0.6) is 0 Å². The van der Waals surface area contributed by atoms with Crippen LogP contribution in [-0.2, 0) is 7.05 Å². The molecule has 3 unspecified atom stereocenters. The quantitative estimate of drug-likeness (QED) is 0.886. The molecule has 0 bridgehead atoms. The SMILES string of the molecule is Cn1ccnc1C(NCC1CCCC(O)C1)c1ccco1. The Hall–Kier alpha value is -1.59. The monoisotopic (exact) mass is 289 g/mol. The third-order valence-electron chi connectivity index (χ3n) is 4.31. The molecule has 1 fully saturated rings. The Morgan fingerprint density at radius 1 is 1.52 bits per heavy atom. The van der Waals surface area contributed by atoms with Gasteiger partial charge in [0.1, 0.15) is 17.6 Å². The van der Waals surface area contributed by atoms with E-state index in [1.165, 1.54) is 6.42 Å². The molecule has 0 radical (unpaired) electrons. The molecule has 2 heterocycles. The lowest BCUT2D eigenvalue weighted by Gasteiger charge is -2.27. The first-order valence-corrected chi connectivity index (χ1v) is 7.66. The van der Waals surface area contributed by atoms with Gasteiger partial charge in [-0.05, 0) is 43.9 Å². The van der Waals surface area contributed by atoms with E-state index in [0.29, 0.717) is 5.92 Å². The first-order valence-electron chi connectivity index (χ1n) is 7.66. The van der Waals surface area contributed by atoms with E-state index >= 15 is 0 Å². The number of imidazole rings is 1.